The molecule has 1 N–H and O–H groups in total. The van der Waals surface area contributed by atoms with Crippen LogP contribution in [0.5, 0.6) is 0 Å². The lowest BCUT2D eigenvalue weighted by atomic mass is 10.0. The number of benzene rings is 1. The second-order valence-corrected chi connectivity index (χ2v) is 6.80. The molecule has 1 aromatic carbocycles. The number of rotatable bonds is 6. The molecule has 0 saturated heterocycles. The fourth-order valence-electron chi connectivity index (χ4n) is 2.00. The van der Waals surface area contributed by atoms with Crippen molar-refractivity contribution in [3.8, 4) is 0 Å². The standard InChI is InChI=1S/C15H17BrClNS/c1-2-6-18-14(15-9-12(16)10-19-15)8-11-4-3-5-13(17)7-11/h3-5,7,9-10,14,18H,2,6,8H2,1H3. The van der Waals surface area contributed by atoms with Gasteiger partial charge in [0.15, 0.2) is 0 Å². The number of halogens is 2. The largest absolute Gasteiger partial charge is 0.309 e. The highest BCUT2D eigenvalue weighted by molar-refractivity contribution is 9.10. The van der Waals surface area contributed by atoms with E-state index in [0.29, 0.717) is 6.04 Å². The van der Waals surface area contributed by atoms with Crippen LogP contribution < -0.4 is 5.32 Å². The molecule has 1 aromatic heterocycles. The average Bonchev–Trinajstić information content (AvgIpc) is 2.81. The first-order valence-electron chi connectivity index (χ1n) is 6.40. The van der Waals surface area contributed by atoms with Crippen LogP contribution in [0, 0.1) is 0 Å². The second kappa shape index (κ2) is 7.44. The summed E-state index contributed by atoms with van der Waals surface area (Å²) in [6.07, 6.45) is 2.10. The Morgan fingerprint density at radius 2 is 2.21 bits per heavy atom. The summed E-state index contributed by atoms with van der Waals surface area (Å²) in [4.78, 5) is 1.36. The third-order valence-electron chi connectivity index (χ3n) is 2.90. The molecule has 2 rings (SSSR count). The Kier molecular flexibility index (Phi) is 5.89. The lowest BCUT2D eigenvalue weighted by Crippen LogP contribution is -2.23. The van der Waals surface area contributed by atoms with Crippen LogP contribution in [0.25, 0.3) is 0 Å². The molecule has 0 spiro atoms. The summed E-state index contributed by atoms with van der Waals surface area (Å²) in [6.45, 7) is 3.22. The van der Waals surface area contributed by atoms with Crippen LogP contribution in [0.4, 0.5) is 0 Å². The van der Waals surface area contributed by atoms with Gasteiger partial charge in [0, 0.05) is 25.8 Å². The van der Waals surface area contributed by atoms with Crippen molar-refractivity contribution in [3.63, 3.8) is 0 Å². The van der Waals surface area contributed by atoms with E-state index >= 15 is 0 Å². The van der Waals surface area contributed by atoms with Crippen molar-refractivity contribution in [2.75, 3.05) is 6.54 Å². The molecule has 0 radical (unpaired) electrons. The van der Waals surface area contributed by atoms with E-state index in [1.165, 1.54) is 10.4 Å². The molecule has 0 aliphatic heterocycles. The summed E-state index contributed by atoms with van der Waals surface area (Å²) in [5, 5.41) is 6.55. The third kappa shape index (κ3) is 4.60. The monoisotopic (exact) mass is 357 g/mol. The number of thiophene rings is 1. The van der Waals surface area contributed by atoms with Crippen LogP contribution in [0.1, 0.15) is 29.8 Å². The smallest absolute Gasteiger partial charge is 0.0456 e. The molecular weight excluding hydrogens is 342 g/mol. The quantitative estimate of drug-likeness (QED) is 0.724. The predicted octanol–water partition coefficient (Wildman–Crippen LogP) is 5.45. The van der Waals surface area contributed by atoms with Crippen molar-refractivity contribution >= 4 is 38.9 Å². The van der Waals surface area contributed by atoms with Crippen LogP contribution in [0.15, 0.2) is 40.2 Å². The summed E-state index contributed by atoms with van der Waals surface area (Å²) >= 11 is 11.4. The first-order chi connectivity index (χ1) is 9.19. The molecule has 2 aromatic rings. The molecule has 1 nitrogen and oxygen atoms in total. The summed E-state index contributed by atoms with van der Waals surface area (Å²) < 4.78 is 1.15. The normalized spacial score (nSPS) is 12.6. The summed E-state index contributed by atoms with van der Waals surface area (Å²) in [7, 11) is 0. The lowest BCUT2D eigenvalue weighted by Gasteiger charge is -2.17. The van der Waals surface area contributed by atoms with Gasteiger partial charge in [0.25, 0.3) is 0 Å². The van der Waals surface area contributed by atoms with Gasteiger partial charge in [0.05, 0.1) is 0 Å². The predicted molar refractivity (Wildman–Crippen MR) is 88.2 cm³/mol. The molecule has 0 fully saturated rings. The van der Waals surface area contributed by atoms with E-state index in [1.807, 2.05) is 18.2 Å². The second-order valence-electron chi connectivity index (χ2n) is 4.51. The summed E-state index contributed by atoms with van der Waals surface area (Å²) in [5.74, 6) is 0. The maximum atomic E-state index is 6.06. The molecule has 102 valence electrons. The highest BCUT2D eigenvalue weighted by Gasteiger charge is 2.13. The molecule has 4 heteroatoms. The van der Waals surface area contributed by atoms with Gasteiger partial charge in [-0.3, -0.25) is 0 Å². The van der Waals surface area contributed by atoms with Crippen LogP contribution in [0.3, 0.4) is 0 Å². The molecule has 1 atom stereocenters. The molecule has 19 heavy (non-hydrogen) atoms. The van der Waals surface area contributed by atoms with Crippen LogP contribution in [-0.2, 0) is 6.42 Å². The molecule has 0 aliphatic rings. The van der Waals surface area contributed by atoms with Crippen molar-refractivity contribution in [2.24, 2.45) is 0 Å². The summed E-state index contributed by atoms with van der Waals surface area (Å²) in [6, 6.07) is 10.7. The Hall–Kier alpha value is -0.350. The minimum atomic E-state index is 0.356. The van der Waals surface area contributed by atoms with Crippen LogP contribution >= 0.6 is 38.9 Å². The van der Waals surface area contributed by atoms with E-state index in [9.17, 15) is 0 Å². The highest BCUT2D eigenvalue weighted by Crippen LogP contribution is 2.28. The Morgan fingerprint density at radius 3 is 2.84 bits per heavy atom. The fourth-order valence-corrected chi connectivity index (χ4v) is 3.74. The van der Waals surface area contributed by atoms with Crippen LogP contribution in [-0.4, -0.2) is 6.54 Å². The molecular formula is C15H17BrClNS. The zero-order chi connectivity index (χ0) is 13.7. The van der Waals surface area contributed by atoms with Crippen LogP contribution in [0.2, 0.25) is 5.02 Å². The van der Waals surface area contributed by atoms with E-state index in [4.69, 9.17) is 11.6 Å². The molecule has 1 unspecified atom stereocenters. The Balaban J connectivity index is 2.13. The minimum absolute atomic E-state index is 0.356. The van der Waals surface area contributed by atoms with Crippen molar-refractivity contribution < 1.29 is 0 Å². The van der Waals surface area contributed by atoms with Gasteiger partial charge in [-0.2, -0.15) is 0 Å². The zero-order valence-electron chi connectivity index (χ0n) is 10.8. The van der Waals surface area contributed by atoms with Gasteiger partial charge in [-0.15, -0.1) is 11.3 Å². The number of nitrogens with one attached hydrogen (secondary N) is 1. The zero-order valence-corrected chi connectivity index (χ0v) is 14.0. The van der Waals surface area contributed by atoms with Crippen molar-refractivity contribution in [1.29, 1.82) is 0 Å². The highest BCUT2D eigenvalue weighted by atomic mass is 79.9. The molecule has 0 amide bonds. The van der Waals surface area contributed by atoms with Gasteiger partial charge in [0.2, 0.25) is 0 Å². The third-order valence-corrected chi connectivity index (χ3v) is 4.94. The number of hydrogen-bond acceptors (Lipinski definition) is 2. The van der Waals surface area contributed by atoms with Gasteiger partial charge in [0.1, 0.15) is 0 Å². The van der Waals surface area contributed by atoms with Crippen molar-refractivity contribution in [1.82, 2.24) is 5.32 Å². The first kappa shape index (κ1) is 15.0. The molecule has 0 saturated carbocycles. The van der Waals surface area contributed by atoms with Gasteiger partial charge >= 0.3 is 0 Å². The Morgan fingerprint density at radius 1 is 1.37 bits per heavy atom. The van der Waals surface area contributed by atoms with Crippen molar-refractivity contribution in [2.45, 2.75) is 25.8 Å². The minimum Gasteiger partial charge on any atom is -0.309 e. The van der Waals surface area contributed by atoms with Gasteiger partial charge < -0.3 is 5.32 Å². The van der Waals surface area contributed by atoms with E-state index in [2.05, 4.69) is 45.7 Å². The summed E-state index contributed by atoms with van der Waals surface area (Å²) in [5.41, 5.74) is 1.27. The average molecular weight is 359 g/mol. The first-order valence-corrected chi connectivity index (χ1v) is 8.46. The van der Waals surface area contributed by atoms with E-state index in [0.717, 1.165) is 28.9 Å². The molecule has 0 bridgehead atoms. The van der Waals surface area contributed by atoms with E-state index in [-0.39, 0.29) is 0 Å². The maximum Gasteiger partial charge on any atom is 0.0456 e. The molecule has 1 heterocycles. The molecule has 0 aliphatic carbocycles. The lowest BCUT2D eigenvalue weighted by molar-refractivity contribution is 0.536. The SMILES string of the molecule is CCCNC(Cc1cccc(Cl)c1)c1cc(Br)cs1. The Bertz CT molecular complexity index is 526. The number of hydrogen-bond donors (Lipinski definition) is 1. The fraction of sp³-hybridized carbons (Fsp3) is 0.333. The van der Waals surface area contributed by atoms with Gasteiger partial charge in [-0.05, 0) is 59.1 Å². The van der Waals surface area contributed by atoms with Gasteiger partial charge in [-0.1, -0.05) is 30.7 Å². The maximum absolute atomic E-state index is 6.06. The topological polar surface area (TPSA) is 12.0 Å². The van der Waals surface area contributed by atoms with E-state index < -0.39 is 0 Å². The van der Waals surface area contributed by atoms with Crippen molar-refractivity contribution in [3.05, 3.63) is 55.6 Å². The van der Waals surface area contributed by atoms with E-state index in [1.54, 1.807) is 11.3 Å². The Labute approximate surface area is 132 Å². The van der Waals surface area contributed by atoms with Gasteiger partial charge in [-0.25, -0.2) is 0 Å².